The van der Waals surface area contributed by atoms with Crippen LogP contribution in [0.5, 0.6) is 5.75 Å². The van der Waals surface area contributed by atoms with Gasteiger partial charge in [-0.25, -0.2) is 0 Å². The van der Waals surface area contributed by atoms with Crippen molar-refractivity contribution in [2.24, 2.45) is 0 Å². The molecule has 0 aromatic heterocycles. The Hall–Kier alpha value is -2.04. The number of hydrogen-bond acceptors (Lipinski definition) is 3. The first kappa shape index (κ1) is 12.4. The lowest BCUT2D eigenvalue weighted by molar-refractivity contribution is -0.137. The largest absolute Gasteiger partial charge is 0.468 e. The minimum atomic E-state index is -1.12. The topological polar surface area (TPSA) is 67.4 Å². The fraction of sp³-hybridized carbons (Fsp3) is 0.385. The molecule has 1 aliphatic rings. The van der Waals surface area contributed by atoms with Crippen LogP contribution in [-0.2, 0) is 9.59 Å². The number of fused-ring (bicyclic) bond motifs is 1. The van der Waals surface area contributed by atoms with Crippen LogP contribution in [0.4, 0.5) is 5.69 Å². The van der Waals surface area contributed by atoms with Crippen LogP contribution in [0.3, 0.4) is 0 Å². The molecule has 1 atom stereocenters. The first-order chi connectivity index (χ1) is 8.47. The highest BCUT2D eigenvalue weighted by molar-refractivity contribution is 6.11. The van der Waals surface area contributed by atoms with Gasteiger partial charge >= 0.3 is 0 Å². The monoisotopic (exact) mass is 248 g/mol. The van der Waals surface area contributed by atoms with Crippen LogP contribution >= 0.6 is 0 Å². The van der Waals surface area contributed by atoms with E-state index in [1.807, 2.05) is 32.9 Å². The summed E-state index contributed by atoms with van der Waals surface area (Å²) in [5.74, 6) is -0.343. The number of carbonyl (C=O) groups is 2. The number of aryl methyl sites for hydroxylation is 1. The molecule has 0 radical (unpaired) electrons. The highest BCUT2D eigenvalue weighted by Crippen LogP contribution is 2.30. The normalized spacial score (nSPS) is 17.8. The lowest BCUT2D eigenvalue weighted by Crippen LogP contribution is -2.50. The predicted octanol–water partition coefficient (Wildman–Crippen LogP) is 1.22. The summed E-state index contributed by atoms with van der Waals surface area (Å²) in [5.41, 5.74) is 1.62. The van der Waals surface area contributed by atoms with Crippen LogP contribution < -0.4 is 15.4 Å². The molecule has 0 aliphatic carbocycles. The minimum Gasteiger partial charge on any atom is -0.468 e. The third kappa shape index (κ3) is 2.45. The zero-order valence-electron chi connectivity index (χ0n) is 10.6. The van der Waals surface area contributed by atoms with Crippen LogP contribution in [-0.4, -0.2) is 24.0 Å². The van der Waals surface area contributed by atoms with Crippen molar-refractivity contribution in [3.8, 4) is 5.75 Å². The van der Waals surface area contributed by atoms with Gasteiger partial charge in [-0.3, -0.25) is 9.59 Å². The minimum absolute atomic E-state index is 0.0340. The van der Waals surface area contributed by atoms with Crippen molar-refractivity contribution < 1.29 is 14.3 Å². The van der Waals surface area contributed by atoms with Crippen molar-refractivity contribution >= 4 is 17.5 Å². The van der Waals surface area contributed by atoms with Crippen molar-refractivity contribution in [2.75, 3.05) is 5.32 Å². The summed E-state index contributed by atoms with van der Waals surface area (Å²) >= 11 is 0. The Morgan fingerprint density at radius 1 is 1.44 bits per heavy atom. The Morgan fingerprint density at radius 2 is 2.17 bits per heavy atom. The molecule has 1 heterocycles. The van der Waals surface area contributed by atoms with E-state index in [2.05, 4.69) is 10.6 Å². The van der Waals surface area contributed by atoms with Gasteiger partial charge in [-0.2, -0.15) is 0 Å². The van der Waals surface area contributed by atoms with Crippen molar-refractivity contribution in [2.45, 2.75) is 32.9 Å². The molecule has 18 heavy (non-hydrogen) atoms. The van der Waals surface area contributed by atoms with Gasteiger partial charge in [0.25, 0.3) is 17.9 Å². The molecule has 1 aromatic carbocycles. The second kappa shape index (κ2) is 4.68. The molecule has 0 saturated carbocycles. The van der Waals surface area contributed by atoms with Crippen LogP contribution in [0.1, 0.15) is 19.4 Å². The summed E-state index contributed by atoms with van der Waals surface area (Å²) in [6.45, 7) is 5.58. The maximum absolute atomic E-state index is 11.8. The van der Waals surface area contributed by atoms with E-state index in [9.17, 15) is 9.59 Å². The Balaban J connectivity index is 2.20. The number of rotatable bonds is 2. The van der Waals surface area contributed by atoms with Gasteiger partial charge in [-0.1, -0.05) is 6.07 Å². The molecular formula is C13H16N2O3. The second-order valence-corrected chi connectivity index (χ2v) is 4.65. The molecule has 96 valence electrons. The van der Waals surface area contributed by atoms with Crippen LogP contribution in [0, 0.1) is 6.92 Å². The van der Waals surface area contributed by atoms with E-state index in [1.54, 1.807) is 6.07 Å². The zero-order valence-corrected chi connectivity index (χ0v) is 10.6. The quantitative estimate of drug-likeness (QED) is 0.773. The Morgan fingerprint density at radius 3 is 2.83 bits per heavy atom. The van der Waals surface area contributed by atoms with Gasteiger partial charge in [-0.15, -0.1) is 0 Å². The van der Waals surface area contributed by atoms with E-state index < -0.39 is 17.9 Å². The average molecular weight is 248 g/mol. The Labute approximate surface area is 106 Å². The first-order valence-electron chi connectivity index (χ1n) is 5.86. The van der Waals surface area contributed by atoms with Crippen molar-refractivity contribution in [1.82, 2.24) is 5.32 Å². The van der Waals surface area contributed by atoms with Crippen molar-refractivity contribution in [3.05, 3.63) is 23.8 Å². The lowest BCUT2D eigenvalue weighted by atomic mass is 10.1. The summed E-state index contributed by atoms with van der Waals surface area (Å²) in [6.07, 6.45) is -1.12. The molecule has 0 spiro atoms. The lowest BCUT2D eigenvalue weighted by Gasteiger charge is -2.25. The first-order valence-corrected chi connectivity index (χ1v) is 5.86. The Kier molecular flexibility index (Phi) is 3.23. The summed E-state index contributed by atoms with van der Waals surface area (Å²) < 4.78 is 5.44. The van der Waals surface area contributed by atoms with Gasteiger partial charge in [0.1, 0.15) is 5.75 Å². The number of ether oxygens (including phenoxy) is 1. The van der Waals surface area contributed by atoms with Gasteiger partial charge in [0.05, 0.1) is 5.69 Å². The van der Waals surface area contributed by atoms with E-state index in [0.29, 0.717) is 11.4 Å². The van der Waals surface area contributed by atoms with E-state index >= 15 is 0 Å². The fourth-order valence-corrected chi connectivity index (χ4v) is 1.76. The van der Waals surface area contributed by atoms with E-state index in [-0.39, 0.29) is 6.04 Å². The Bertz CT molecular complexity index is 497. The maximum atomic E-state index is 11.8. The molecule has 0 bridgehead atoms. The molecule has 0 unspecified atom stereocenters. The van der Waals surface area contributed by atoms with Gasteiger partial charge in [0.2, 0.25) is 0 Å². The van der Waals surface area contributed by atoms with Crippen molar-refractivity contribution in [1.29, 1.82) is 0 Å². The van der Waals surface area contributed by atoms with E-state index in [1.165, 1.54) is 0 Å². The fourth-order valence-electron chi connectivity index (χ4n) is 1.76. The number of amides is 2. The maximum Gasteiger partial charge on any atom is 0.275 e. The number of anilines is 1. The standard InChI is InChI=1S/C13H16N2O3/c1-7(2)14-12(16)11-13(17)15-9-6-8(3)4-5-10(9)18-11/h4-7,11H,1-3H3,(H,14,16)(H,15,17)/t11-/m1/s1. The third-order valence-electron chi connectivity index (χ3n) is 2.54. The third-order valence-corrected chi connectivity index (χ3v) is 2.54. The SMILES string of the molecule is Cc1ccc2c(c1)NC(=O)[C@@H](C(=O)NC(C)C)O2. The number of nitrogens with one attached hydrogen (secondary N) is 2. The molecule has 5 nitrogen and oxygen atoms in total. The number of benzene rings is 1. The summed E-state index contributed by atoms with van der Waals surface area (Å²) in [5, 5.41) is 5.34. The summed E-state index contributed by atoms with van der Waals surface area (Å²) in [4.78, 5) is 23.6. The molecule has 0 saturated heterocycles. The average Bonchev–Trinajstić information content (AvgIpc) is 2.26. The molecule has 2 rings (SSSR count). The van der Waals surface area contributed by atoms with Gasteiger partial charge < -0.3 is 15.4 Å². The molecular weight excluding hydrogens is 232 g/mol. The molecule has 2 amide bonds. The highest BCUT2D eigenvalue weighted by Gasteiger charge is 2.34. The molecule has 0 fully saturated rings. The molecule has 2 N–H and O–H groups in total. The second-order valence-electron chi connectivity index (χ2n) is 4.65. The van der Waals surface area contributed by atoms with Gasteiger partial charge in [-0.05, 0) is 38.5 Å². The van der Waals surface area contributed by atoms with Gasteiger partial charge in [0.15, 0.2) is 0 Å². The number of hydrogen-bond donors (Lipinski definition) is 2. The molecule has 5 heteroatoms. The molecule has 1 aliphatic heterocycles. The van der Waals surface area contributed by atoms with Crippen LogP contribution in [0.15, 0.2) is 18.2 Å². The van der Waals surface area contributed by atoms with E-state index in [4.69, 9.17) is 4.74 Å². The molecule has 1 aromatic rings. The van der Waals surface area contributed by atoms with Crippen molar-refractivity contribution in [3.63, 3.8) is 0 Å². The summed E-state index contributed by atoms with van der Waals surface area (Å²) in [6, 6.07) is 5.39. The number of carbonyl (C=O) groups excluding carboxylic acids is 2. The summed E-state index contributed by atoms with van der Waals surface area (Å²) in [7, 11) is 0. The van der Waals surface area contributed by atoms with E-state index in [0.717, 1.165) is 5.56 Å². The van der Waals surface area contributed by atoms with Crippen LogP contribution in [0.2, 0.25) is 0 Å². The van der Waals surface area contributed by atoms with Crippen LogP contribution in [0.25, 0.3) is 0 Å². The predicted molar refractivity (Wildman–Crippen MR) is 67.5 cm³/mol. The smallest absolute Gasteiger partial charge is 0.275 e. The van der Waals surface area contributed by atoms with Gasteiger partial charge in [0, 0.05) is 6.04 Å². The zero-order chi connectivity index (χ0) is 13.3. The highest BCUT2D eigenvalue weighted by atomic mass is 16.5.